The molecule has 1 aliphatic heterocycles. The summed E-state index contributed by atoms with van der Waals surface area (Å²) in [7, 11) is 0. The van der Waals surface area contributed by atoms with E-state index in [4.69, 9.17) is 4.74 Å². The van der Waals surface area contributed by atoms with Crippen molar-refractivity contribution < 1.29 is 9.53 Å². The molecule has 0 N–H and O–H groups in total. The number of hydrogen-bond donors (Lipinski definition) is 0. The Hall–Kier alpha value is -1.03. The van der Waals surface area contributed by atoms with Crippen molar-refractivity contribution in [1.29, 1.82) is 0 Å². The van der Waals surface area contributed by atoms with Crippen LogP contribution in [0.3, 0.4) is 0 Å². The van der Waals surface area contributed by atoms with Crippen LogP contribution in [0.2, 0.25) is 0 Å². The first-order valence-electron chi connectivity index (χ1n) is 5.91. The van der Waals surface area contributed by atoms with Crippen LogP contribution in [0.5, 0.6) is 5.75 Å². The Morgan fingerprint density at radius 3 is 3.06 bits per heavy atom. The first kappa shape index (κ1) is 12.4. The van der Waals surface area contributed by atoms with Gasteiger partial charge in [0.05, 0.1) is 17.1 Å². The number of ether oxygens (including phenoxy) is 1. The van der Waals surface area contributed by atoms with Gasteiger partial charge in [-0.25, -0.2) is 0 Å². The number of para-hydroxylation sites is 2. The predicted molar refractivity (Wildman–Crippen MR) is 71.9 cm³/mol. The molecule has 0 saturated heterocycles. The average molecular weight is 298 g/mol. The second-order valence-electron chi connectivity index (χ2n) is 4.04. The molecule has 1 atom stereocenters. The summed E-state index contributed by atoms with van der Waals surface area (Å²) >= 11 is 3.42. The number of benzene rings is 1. The fourth-order valence-electron chi connectivity index (χ4n) is 1.90. The molecule has 0 fully saturated rings. The number of fused-ring (bicyclic) bond motifs is 1. The summed E-state index contributed by atoms with van der Waals surface area (Å²) < 4.78 is 5.63. The van der Waals surface area contributed by atoms with Crippen LogP contribution in [-0.2, 0) is 4.79 Å². The standard InChI is InChI=1S/C13H16BrNO2/c1-2-10(14)13(16)15-8-5-9-17-12-7-4-3-6-11(12)15/h3-4,6-7,10H,2,5,8-9H2,1H3. The number of anilines is 1. The molecule has 1 aromatic carbocycles. The molecule has 0 aliphatic carbocycles. The van der Waals surface area contributed by atoms with E-state index in [9.17, 15) is 4.79 Å². The normalized spacial score (nSPS) is 16.7. The Morgan fingerprint density at radius 1 is 1.53 bits per heavy atom. The molecule has 3 nitrogen and oxygen atoms in total. The molecule has 0 bridgehead atoms. The van der Waals surface area contributed by atoms with Crippen LogP contribution in [0.15, 0.2) is 24.3 Å². The van der Waals surface area contributed by atoms with Crippen molar-refractivity contribution in [2.45, 2.75) is 24.6 Å². The van der Waals surface area contributed by atoms with Crippen LogP contribution in [0.4, 0.5) is 5.69 Å². The fraction of sp³-hybridized carbons (Fsp3) is 0.462. The zero-order valence-corrected chi connectivity index (χ0v) is 11.4. The molecule has 1 aromatic rings. The maximum atomic E-state index is 12.3. The topological polar surface area (TPSA) is 29.5 Å². The summed E-state index contributed by atoms with van der Waals surface area (Å²) in [6.07, 6.45) is 1.65. The van der Waals surface area contributed by atoms with E-state index in [1.165, 1.54) is 0 Å². The van der Waals surface area contributed by atoms with Gasteiger partial charge in [-0.15, -0.1) is 0 Å². The summed E-state index contributed by atoms with van der Waals surface area (Å²) in [5.74, 6) is 0.916. The monoisotopic (exact) mass is 297 g/mol. The van der Waals surface area contributed by atoms with E-state index < -0.39 is 0 Å². The summed E-state index contributed by atoms with van der Waals surface area (Å²) in [6.45, 7) is 3.38. The van der Waals surface area contributed by atoms with Gasteiger partial charge in [0.25, 0.3) is 0 Å². The number of hydrogen-bond acceptors (Lipinski definition) is 2. The van der Waals surface area contributed by atoms with E-state index in [1.54, 1.807) is 0 Å². The highest BCUT2D eigenvalue weighted by Gasteiger charge is 2.25. The van der Waals surface area contributed by atoms with Crippen molar-refractivity contribution in [3.05, 3.63) is 24.3 Å². The van der Waals surface area contributed by atoms with Crippen LogP contribution in [0, 0.1) is 0 Å². The maximum Gasteiger partial charge on any atom is 0.240 e. The molecular weight excluding hydrogens is 282 g/mol. The third kappa shape index (κ3) is 2.63. The highest BCUT2D eigenvalue weighted by Crippen LogP contribution is 2.31. The Kier molecular flexibility index (Phi) is 4.05. The van der Waals surface area contributed by atoms with Crippen LogP contribution in [0.1, 0.15) is 19.8 Å². The highest BCUT2D eigenvalue weighted by atomic mass is 79.9. The van der Waals surface area contributed by atoms with Crippen LogP contribution in [-0.4, -0.2) is 23.9 Å². The summed E-state index contributed by atoms with van der Waals surface area (Å²) in [4.78, 5) is 14.0. The molecule has 1 aliphatic rings. The Labute approximate surface area is 110 Å². The molecule has 0 radical (unpaired) electrons. The third-order valence-corrected chi connectivity index (χ3v) is 3.87. The van der Waals surface area contributed by atoms with Gasteiger partial charge in [0.1, 0.15) is 5.75 Å². The first-order chi connectivity index (χ1) is 8.24. The van der Waals surface area contributed by atoms with Crippen molar-refractivity contribution in [2.24, 2.45) is 0 Å². The molecule has 0 spiro atoms. The summed E-state index contributed by atoms with van der Waals surface area (Å²) in [5, 5.41) is 0. The molecule has 1 amide bonds. The number of amides is 1. The van der Waals surface area contributed by atoms with Crippen molar-refractivity contribution in [1.82, 2.24) is 0 Å². The zero-order chi connectivity index (χ0) is 12.3. The van der Waals surface area contributed by atoms with Gasteiger partial charge in [-0.1, -0.05) is 35.0 Å². The molecule has 4 heteroatoms. The van der Waals surface area contributed by atoms with E-state index in [-0.39, 0.29) is 10.7 Å². The zero-order valence-electron chi connectivity index (χ0n) is 9.86. The molecule has 0 saturated carbocycles. The first-order valence-corrected chi connectivity index (χ1v) is 6.83. The van der Waals surface area contributed by atoms with Crippen molar-refractivity contribution in [3.8, 4) is 5.75 Å². The van der Waals surface area contributed by atoms with Crippen molar-refractivity contribution in [3.63, 3.8) is 0 Å². The minimum absolute atomic E-state index is 0.116. The van der Waals surface area contributed by atoms with E-state index in [1.807, 2.05) is 36.1 Å². The molecule has 92 valence electrons. The molecule has 2 rings (SSSR count). The molecular formula is C13H16BrNO2. The van der Waals surface area contributed by atoms with E-state index in [0.717, 1.165) is 30.8 Å². The summed E-state index contributed by atoms with van der Waals surface area (Å²) in [6, 6.07) is 7.71. The van der Waals surface area contributed by atoms with Crippen LogP contribution >= 0.6 is 15.9 Å². The minimum Gasteiger partial charge on any atom is -0.491 e. The molecule has 1 unspecified atom stereocenters. The number of rotatable bonds is 2. The second kappa shape index (κ2) is 5.54. The maximum absolute atomic E-state index is 12.3. The molecule has 1 heterocycles. The number of carbonyl (C=O) groups is 1. The number of halogens is 1. The molecule has 17 heavy (non-hydrogen) atoms. The van der Waals surface area contributed by atoms with Gasteiger partial charge < -0.3 is 9.64 Å². The Morgan fingerprint density at radius 2 is 2.29 bits per heavy atom. The largest absolute Gasteiger partial charge is 0.491 e. The molecule has 0 aromatic heterocycles. The van der Waals surface area contributed by atoms with Gasteiger partial charge >= 0.3 is 0 Å². The smallest absolute Gasteiger partial charge is 0.240 e. The second-order valence-corrected chi connectivity index (χ2v) is 5.14. The number of alkyl halides is 1. The summed E-state index contributed by atoms with van der Waals surface area (Å²) in [5.41, 5.74) is 0.882. The lowest BCUT2D eigenvalue weighted by Gasteiger charge is -2.23. The van der Waals surface area contributed by atoms with Gasteiger partial charge in [0, 0.05) is 6.54 Å². The van der Waals surface area contributed by atoms with Crippen LogP contribution < -0.4 is 9.64 Å². The number of carbonyl (C=O) groups excluding carboxylic acids is 1. The van der Waals surface area contributed by atoms with Gasteiger partial charge in [-0.2, -0.15) is 0 Å². The SMILES string of the molecule is CCC(Br)C(=O)N1CCCOc2ccccc21. The van der Waals surface area contributed by atoms with Crippen molar-refractivity contribution in [2.75, 3.05) is 18.1 Å². The third-order valence-electron chi connectivity index (χ3n) is 2.83. The lowest BCUT2D eigenvalue weighted by Crippen LogP contribution is -2.36. The van der Waals surface area contributed by atoms with E-state index in [2.05, 4.69) is 15.9 Å². The van der Waals surface area contributed by atoms with Gasteiger partial charge in [0.15, 0.2) is 0 Å². The van der Waals surface area contributed by atoms with E-state index in [0.29, 0.717) is 6.61 Å². The van der Waals surface area contributed by atoms with Crippen molar-refractivity contribution >= 4 is 27.5 Å². The minimum atomic E-state index is -0.117. The average Bonchev–Trinajstić information content (AvgIpc) is 2.59. The van der Waals surface area contributed by atoms with E-state index >= 15 is 0 Å². The Bertz CT molecular complexity index is 408. The van der Waals surface area contributed by atoms with Gasteiger partial charge in [-0.3, -0.25) is 4.79 Å². The fourth-order valence-corrected chi connectivity index (χ4v) is 2.15. The predicted octanol–water partition coefficient (Wildman–Crippen LogP) is 2.98. The number of nitrogens with zero attached hydrogens (tertiary/aromatic N) is 1. The van der Waals surface area contributed by atoms with Gasteiger partial charge in [-0.05, 0) is 25.0 Å². The lowest BCUT2D eigenvalue weighted by molar-refractivity contribution is -0.118. The quantitative estimate of drug-likeness (QED) is 0.786. The van der Waals surface area contributed by atoms with Gasteiger partial charge in [0.2, 0.25) is 5.91 Å². The lowest BCUT2D eigenvalue weighted by atomic mass is 10.2. The Balaban J connectivity index is 2.31. The highest BCUT2D eigenvalue weighted by molar-refractivity contribution is 9.10. The van der Waals surface area contributed by atoms with Crippen LogP contribution in [0.25, 0.3) is 0 Å².